The van der Waals surface area contributed by atoms with E-state index in [2.05, 4.69) is 34.6 Å². The Balaban J connectivity index is 2.41. The molecule has 0 atom stereocenters. The summed E-state index contributed by atoms with van der Waals surface area (Å²) in [5.41, 5.74) is 3.33. The lowest BCUT2D eigenvalue weighted by molar-refractivity contribution is 1.38. The van der Waals surface area contributed by atoms with Gasteiger partial charge in [-0.1, -0.05) is 30.4 Å². The molecule has 2 nitrogen and oxygen atoms in total. The van der Waals surface area contributed by atoms with Crippen LogP contribution in [0.15, 0.2) is 36.5 Å². The molecule has 14 heavy (non-hydrogen) atoms. The highest BCUT2D eigenvalue weighted by Crippen LogP contribution is 2.29. The van der Waals surface area contributed by atoms with Crippen LogP contribution < -0.4 is 5.32 Å². The summed E-state index contributed by atoms with van der Waals surface area (Å²) in [6, 6.07) is 8.23. The number of benzene rings is 1. The van der Waals surface area contributed by atoms with Crippen molar-refractivity contribution in [3.63, 3.8) is 0 Å². The molecule has 3 rings (SSSR count). The molecule has 2 aromatic rings. The molecule has 0 bridgehead atoms. The van der Waals surface area contributed by atoms with Gasteiger partial charge in [-0.2, -0.15) is 0 Å². The highest BCUT2D eigenvalue weighted by Gasteiger charge is 2.08. The summed E-state index contributed by atoms with van der Waals surface area (Å²) in [7, 11) is 0. The molecule has 1 aliphatic heterocycles. The molecular formula is C12H9N2. The van der Waals surface area contributed by atoms with E-state index >= 15 is 0 Å². The maximum absolute atomic E-state index is 4.38. The number of rotatable bonds is 0. The molecule has 0 saturated carbocycles. The molecule has 1 aromatic heterocycles. The second kappa shape index (κ2) is 2.84. The van der Waals surface area contributed by atoms with Crippen LogP contribution in [0.25, 0.3) is 17.0 Å². The van der Waals surface area contributed by atoms with Gasteiger partial charge in [0.1, 0.15) is 0 Å². The topological polar surface area (TPSA) is 24.9 Å². The van der Waals surface area contributed by atoms with Crippen molar-refractivity contribution >= 4 is 22.7 Å². The molecule has 0 unspecified atom stereocenters. The van der Waals surface area contributed by atoms with Crippen molar-refractivity contribution in [2.75, 3.05) is 5.32 Å². The van der Waals surface area contributed by atoms with Gasteiger partial charge >= 0.3 is 0 Å². The first-order chi connectivity index (χ1) is 6.95. The fourth-order valence-electron chi connectivity index (χ4n) is 1.73. The number of pyridine rings is 1. The van der Waals surface area contributed by atoms with Crippen molar-refractivity contribution in [2.24, 2.45) is 0 Å². The summed E-state index contributed by atoms with van der Waals surface area (Å²) in [6.45, 7) is 1.93. The van der Waals surface area contributed by atoms with E-state index in [-0.39, 0.29) is 0 Å². The molecule has 1 radical (unpaired) electrons. The third kappa shape index (κ3) is 1.01. The molecule has 0 aliphatic carbocycles. The van der Waals surface area contributed by atoms with Crippen molar-refractivity contribution in [3.05, 3.63) is 48.6 Å². The van der Waals surface area contributed by atoms with Gasteiger partial charge in [-0.3, -0.25) is 4.98 Å². The summed E-state index contributed by atoms with van der Waals surface area (Å²) < 4.78 is 0. The Kier molecular flexibility index (Phi) is 1.53. The normalized spacial score (nSPS) is 13.7. The minimum atomic E-state index is 1.03. The van der Waals surface area contributed by atoms with Crippen LogP contribution in [0, 0.1) is 6.54 Å². The van der Waals surface area contributed by atoms with E-state index < -0.39 is 0 Å². The van der Waals surface area contributed by atoms with E-state index in [9.17, 15) is 0 Å². The third-order valence-electron chi connectivity index (χ3n) is 2.41. The van der Waals surface area contributed by atoms with Crippen LogP contribution >= 0.6 is 0 Å². The largest absolute Gasteiger partial charge is 0.374 e. The molecule has 1 N–H and O–H groups in total. The fourth-order valence-corrected chi connectivity index (χ4v) is 1.73. The second-order valence-electron chi connectivity index (χ2n) is 3.28. The molecule has 2 heteroatoms. The van der Waals surface area contributed by atoms with Crippen LogP contribution in [0.5, 0.6) is 0 Å². The third-order valence-corrected chi connectivity index (χ3v) is 2.41. The van der Waals surface area contributed by atoms with Crippen molar-refractivity contribution in [3.8, 4) is 0 Å². The second-order valence-corrected chi connectivity index (χ2v) is 3.28. The molecule has 0 amide bonds. The zero-order chi connectivity index (χ0) is 9.38. The Labute approximate surface area is 82.3 Å². The van der Waals surface area contributed by atoms with Gasteiger partial charge in [-0.05, 0) is 11.6 Å². The Morgan fingerprint density at radius 1 is 1.14 bits per heavy atom. The average molecular weight is 181 g/mol. The monoisotopic (exact) mass is 181 g/mol. The van der Waals surface area contributed by atoms with Gasteiger partial charge in [0.05, 0.1) is 17.7 Å². The summed E-state index contributed by atoms with van der Waals surface area (Å²) in [5, 5.41) is 4.40. The number of nitrogens with one attached hydrogen (secondary N) is 1. The number of fused-ring (bicyclic) bond motifs is 3. The van der Waals surface area contributed by atoms with E-state index in [1.807, 2.05) is 24.9 Å². The Bertz CT molecular complexity index is 515. The minimum absolute atomic E-state index is 1.03. The van der Waals surface area contributed by atoms with E-state index in [1.54, 1.807) is 0 Å². The summed E-state index contributed by atoms with van der Waals surface area (Å²) in [4.78, 5) is 4.38. The van der Waals surface area contributed by atoms with Gasteiger partial charge < -0.3 is 5.32 Å². The molecule has 2 heterocycles. The van der Waals surface area contributed by atoms with Crippen LogP contribution in [0.3, 0.4) is 0 Å². The smallest absolute Gasteiger partial charge is 0.0939 e. The quantitative estimate of drug-likeness (QED) is 0.676. The molecule has 67 valence electrons. The summed E-state index contributed by atoms with van der Waals surface area (Å²) in [5.74, 6) is 0. The number of anilines is 1. The Morgan fingerprint density at radius 2 is 2.14 bits per heavy atom. The van der Waals surface area contributed by atoms with Gasteiger partial charge in [0.2, 0.25) is 0 Å². The standard InChI is InChI=1S/C12H9N2/c1-3-9-5-6-10-4-2-8-14-12(10)11(9)13-7-1/h1-8,13H. The summed E-state index contributed by atoms with van der Waals surface area (Å²) in [6.07, 6.45) is 5.90. The van der Waals surface area contributed by atoms with E-state index in [4.69, 9.17) is 0 Å². The van der Waals surface area contributed by atoms with Crippen molar-refractivity contribution in [1.82, 2.24) is 4.98 Å². The van der Waals surface area contributed by atoms with Gasteiger partial charge in [-0.15, -0.1) is 0 Å². The van der Waals surface area contributed by atoms with E-state index in [1.165, 1.54) is 10.9 Å². The van der Waals surface area contributed by atoms with Crippen LogP contribution in [0.2, 0.25) is 0 Å². The molecule has 0 fully saturated rings. The van der Waals surface area contributed by atoms with Crippen LogP contribution in [-0.4, -0.2) is 4.98 Å². The van der Waals surface area contributed by atoms with Crippen molar-refractivity contribution in [1.29, 1.82) is 0 Å². The van der Waals surface area contributed by atoms with Crippen LogP contribution in [0.1, 0.15) is 5.56 Å². The lowest BCUT2D eigenvalue weighted by atomic mass is 10.1. The summed E-state index contributed by atoms with van der Waals surface area (Å²) >= 11 is 0. The van der Waals surface area contributed by atoms with Crippen LogP contribution in [-0.2, 0) is 0 Å². The van der Waals surface area contributed by atoms with Gasteiger partial charge in [0.25, 0.3) is 0 Å². The molecule has 1 aromatic carbocycles. The predicted molar refractivity (Wildman–Crippen MR) is 58.7 cm³/mol. The zero-order valence-electron chi connectivity index (χ0n) is 7.57. The zero-order valence-corrected chi connectivity index (χ0v) is 7.57. The first-order valence-electron chi connectivity index (χ1n) is 4.59. The van der Waals surface area contributed by atoms with Gasteiger partial charge in [-0.25, -0.2) is 0 Å². The highest BCUT2D eigenvalue weighted by atomic mass is 14.9. The predicted octanol–water partition coefficient (Wildman–Crippen LogP) is 2.84. The van der Waals surface area contributed by atoms with E-state index in [0.717, 1.165) is 11.2 Å². The van der Waals surface area contributed by atoms with Gasteiger partial charge in [0.15, 0.2) is 0 Å². The minimum Gasteiger partial charge on any atom is -0.374 e. The molecule has 1 aliphatic rings. The van der Waals surface area contributed by atoms with Gasteiger partial charge in [0, 0.05) is 11.6 Å². The SMILES string of the molecule is [CH]1C=Cc2ccc3cccnc3c2N1. The first kappa shape index (κ1) is 7.56. The average Bonchev–Trinajstić information content (AvgIpc) is 2.29. The molecule has 0 saturated heterocycles. The van der Waals surface area contributed by atoms with E-state index in [0.29, 0.717) is 0 Å². The number of nitrogens with zero attached hydrogens (tertiary/aromatic N) is 1. The lowest BCUT2D eigenvalue weighted by Gasteiger charge is -2.14. The number of hydrogen-bond donors (Lipinski definition) is 1. The molecule has 0 spiro atoms. The Hall–Kier alpha value is -1.83. The number of hydrogen-bond acceptors (Lipinski definition) is 2. The maximum Gasteiger partial charge on any atom is 0.0939 e. The van der Waals surface area contributed by atoms with Crippen molar-refractivity contribution < 1.29 is 0 Å². The first-order valence-corrected chi connectivity index (χ1v) is 4.59. The Morgan fingerprint density at radius 3 is 3.14 bits per heavy atom. The van der Waals surface area contributed by atoms with Crippen LogP contribution in [0.4, 0.5) is 5.69 Å². The molecular weight excluding hydrogens is 172 g/mol. The lowest BCUT2D eigenvalue weighted by Crippen LogP contribution is -2.00. The fraction of sp³-hybridized carbons (Fsp3) is 0. The number of aromatic nitrogens is 1. The highest BCUT2D eigenvalue weighted by molar-refractivity contribution is 5.96. The maximum atomic E-state index is 4.38. The van der Waals surface area contributed by atoms with Crippen molar-refractivity contribution in [2.45, 2.75) is 0 Å².